The van der Waals surface area contributed by atoms with Crippen LogP contribution in [0.15, 0.2) is 53.4 Å². The molecule has 162 valence electrons. The van der Waals surface area contributed by atoms with E-state index in [2.05, 4.69) is 4.72 Å². The van der Waals surface area contributed by atoms with Gasteiger partial charge >= 0.3 is 0 Å². The summed E-state index contributed by atoms with van der Waals surface area (Å²) < 4.78 is 33.4. The predicted molar refractivity (Wildman–Crippen MR) is 117 cm³/mol. The molecular weight excluding hydrogens is 424 g/mol. The molecule has 0 radical (unpaired) electrons. The highest BCUT2D eigenvalue weighted by atomic mass is 35.5. The molecule has 2 aromatic carbocycles. The Kier molecular flexibility index (Phi) is 7.52. The van der Waals surface area contributed by atoms with Gasteiger partial charge in [-0.1, -0.05) is 41.9 Å². The second-order valence-electron chi connectivity index (χ2n) is 7.72. The third kappa shape index (κ3) is 5.82. The zero-order valence-electron chi connectivity index (χ0n) is 17.2. The van der Waals surface area contributed by atoms with E-state index < -0.39 is 10.0 Å². The molecule has 1 atom stereocenters. The number of amides is 1. The van der Waals surface area contributed by atoms with Gasteiger partial charge in [0.2, 0.25) is 10.0 Å². The summed E-state index contributed by atoms with van der Waals surface area (Å²) in [5.41, 5.74) is 1.14. The summed E-state index contributed by atoms with van der Waals surface area (Å²) in [6.45, 7) is 4.97. The molecule has 6 nitrogen and oxygen atoms in total. The van der Waals surface area contributed by atoms with Gasteiger partial charge in [-0.25, -0.2) is 13.1 Å². The standard InChI is InChI=1S/C22H27ClN2O4S/c1-16(2)24-30(27,28)19-10-11-21(23)20(13-19)22(26)25(15-18-9-6-12-29-18)14-17-7-4-3-5-8-17/h3-5,7-8,10-11,13,16,18,24H,6,9,12,14-15H2,1-2H3. The van der Waals surface area contributed by atoms with E-state index in [1.54, 1.807) is 18.7 Å². The van der Waals surface area contributed by atoms with Gasteiger partial charge < -0.3 is 9.64 Å². The van der Waals surface area contributed by atoms with E-state index in [1.807, 2.05) is 30.3 Å². The Balaban J connectivity index is 1.91. The van der Waals surface area contributed by atoms with Gasteiger partial charge in [0, 0.05) is 25.7 Å². The maximum absolute atomic E-state index is 13.4. The number of hydrogen-bond acceptors (Lipinski definition) is 4. The molecule has 0 bridgehead atoms. The van der Waals surface area contributed by atoms with Crippen molar-refractivity contribution in [1.29, 1.82) is 0 Å². The SMILES string of the molecule is CC(C)NS(=O)(=O)c1ccc(Cl)c(C(=O)N(Cc2ccccc2)CC2CCCO2)c1. The number of nitrogens with zero attached hydrogens (tertiary/aromatic N) is 1. The molecule has 0 aromatic heterocycles. The van der Waals surface area contributed by atoms with Crippen LogP contribution in [0.1, 0.15) is 42.6 Å². The van der Waals surface area contributed by atoms with Crippen LogP contribution in [0.5, 0.6) is 0 Å². The number of halogens is 1. The number of carbonyl (C=O) groups excluding carboxylic acids is 1. The Morgan fingerprint density at radius 2 is 1.97 bits per heavy atom. The smallest absolute Gasteiger partial charge is 0.255 e. The van der Waals surface area contributed by atoms with Gasteiger partial charge in [0.25, 0.3) is 5.91 Å². The molecule has 2 aromatic rings. The van der Waals surface area contributed by atoms with Crippen molar-refractivity contribution in [2.75, 3.05) is 13.2 Å². The summed E-state index contributed by atoms with van der Waals surface area (Å²) >= 11 is 6.32. The van der Waals surface area contributed by atoms with Crippen LogP contribution in [-0.4, -0.2) is 44.5 Å². The van der Waals surface area contributed by atoms with Crippen LogP contribution in [0, 0.1) is 0 Å². The number of hydrogen-bond donors (Lipinski definition) is 1. The molecule has 1 aliphatic heterocycles. The van der Waals surface area contributed by atoms with Crippen LogP contribution in [0.3, 0.4) is 0 Å². The maximum atomic E-state index is 13.4. The van der Waals surface area contributed by atoms with Crippen molar-refractivity contribution in [2.45, 2.75) is 50.3 Å². The topological polar surface area (TPSA) is 75.7 Å². The summed E-state index contributed by atoms with van der Waals surface area (Å²) in [6, 6.07) is 13.6. The van der Waals surface area contributed by atoms with E-state index in [4.69, 9.17) is 16.3 Å². The lowest BCUT2D eigenvalue weighted by atomic mass is 10.1. The lowest BCUT2D eigenvalue weighted by Crippen LogP contribution is -2.37. The Labute approximate surface area is 183 Å². The first kappa shape index (κ1) is 22.7. The summed E-state index contributed by atoms with van der Waals surface area (Å²) in [7, 11) is -3.74. The van der Waals surface area contributed by atoms with Crippen molar-refractivity contribution < 1.29 is 17.9 Å². The van der Waals surface area contributed by atoms with Crippen LogP contribution >= 0.6 is 11.6 Å². The Bertz CT molecular complexity index is 974. The van der Waals surface area contributed by atoms with E-state index >= 15 is 0 Å². The highest BCUT2D eigenvalue weighted by Gasteiger charge is 2.26. The Morgan fingerprint density at radius 3 is 2.60 bits per heavy atom. The molecule has 30 heavy (non-hydrogen) atoms. The van der Waals surface area contributed by atoms with Crippen molar-refractivity contribution >= 4 is 27.5 Å². The quantitative estimate of drug-likeness (QED) is 0.662. The second kappa shape index (κ2) is 9.92. The summed E-state index contributed by atoms with van der Waals surface area (Å²) in [4.78, 5) is 15.1. The average molecular weight is 451 g/mol. The zero-order valence-corrected chi connectivity index (χ0v) is 18.7. The first-order valence-corrected chi connectivity index (χ1v) is 11.9. The first-order chi connectivity index (χ1) is 14.3. The van der Waals surface area contributed by atoms with Gasteiger partial charge in [0.1, 0.15) is 0 Å². The van der Waals surface area contributed by atoms with Crippen molar-refractivity contribution in [3.8, 4) is 0 Å². The average Bonchev–Trinajstić information content (AvgIpc) is 3.20. The molecule has 1 amide bonds. The zero-order chi connectivity index (χ0) is 21.7. The van der Waals surface area contributed by atoms with E-state index in [0.717, 1.165) is 18.4 Å². The molecule has 0 aliphatic carbocycles. The van der Waals surface area contributed by atoms with E-state index in [9.17, 15) is 13.2 Å². The van der Waals surface area contributed by atoms with Gasteiger partial charge in [-0.2, -0.15) is 0 Å². The number of rotatable bonds is 8. The predicted octanol–water partition coefficient (Wildman–Crippen LogP) is 3.85. The van der Waals surface area contributed by atoms with Gasteiger partial charge in [0.15, 0.2) is 0 Å². The molecule has 1 saturated heterocycles. The van der Waals surface area contributed by atoms with E-state index in [0.29, 0.717) is 19.7 Å². The van der Waals surface area contributed by atoms with Gasteiger partial charge in [-0.3, -0.25) is 4.79 Å². The molecular formula is C22H27ClN2O4S. The minimum Gasteiger partial charge on any atom is -0.376 e. The molecule has 3 rings (SSSR count). The molecule has 1 aliphatic rings. The van der Waals surface area contributed by atoms with Crippen molar-refractivity contribution in [2.24, 2.45) is 0 Å². The minimum atomic E-state index is -3.74. The maximum Gasteiger partial charge on any atom is 0.255 e. The highest BCUT2D eigenvalue weighted by Crippen LogP contribution is 2.24. The molecule has 8 heteroatoms. The monoisotopic (exact) mass is 450 g/mol. The van der Waals surface area contributed by atoms with Gasteiger partial charge in [-0.05, 0) is 50.5 Å². The molecule has 0 saturated carbocycles. The van der Waals surface area contributed by atoms with Crippen LogP contribution in [-0.2, 0) is 21.3 Å². The fourth-order valence-corrected chi connectivity index (χ4v) is 4.92. The lowest BCUT2D eigenvalue weighted by Gasteiger charge is -2.26. The number of nitrogens with one attached hydrogen (secondary N) is 1. The number of ether oxygens (including phenoxy) is 1. The van der Waals surface area contributed by atoms with Crippen LogP contribution in [0.4, 0.5) is 0 Å². The lowest BCUT2D eigenvalue weighted by molar-refractivity contribution is 0.0507. The fourth-order valence-electron chi connectivity index (χ4n) is 3.44. The van der Waals surface area contributed by atoms with Crippen molar-refractivity contribution in [3.05, 3.63) is 64.7 Å². The third-order valence-corrected chi connectivity index (χ3v) is 6.81. The summed E-state index contributed by atoms with van der Waals surface area (Å²) in [5.74, 6) is -0.319. The fraction of sp³-hybridized carbons (Fsp3) is 0.409. The van der Waals surface area contributed by atoms with Crippen LogP contribution in [0.25, 0.3) is 0 Å². The minimum absolute atomic E-state index is 0.0146. The first-order valence-electron chi connectivity index (χ1n) is 10.0. The molecule has 1 unspecified atom stereocenters. The summed E-state index contributed by atoms with van der Waals surface area (Å²) in [5, 5.41) is 0.217. The normalized spacial score (nSPS) is 16.7. The summed E-state index contributed by atoms with van der Waals surface area (Å²) in [6.07, 6.45) is 1.82. The van der Waals surface area contributed by atoms with Crippen LogP contribution in [0.2, 0.25) is 5.02 Å². The largest absolute Gasteiger partial charge is 0.376 e. The van der Waals surface area contributed by atoms with Crippen LogP contribution < -0.4 is 4.72 Å². The molecule has 1 fully saturated rings. The number of carbonyl (C=O) groups is 1. The van der Waals surface area contributed by atoms with Gasteiger partial charge in [0.05, 0.1) is 21.6 Å². The third-order valence-electron chi connectivity index (χ3n) is 4.82. The Hall–Kier alpha value is -1.93. The number of benzene rings is 2. The highest BCUT2D eigenvalue weighted by molar-refractivity contribution is 7.89. The molecule has 1 heterocycles. The van der Waals surface area contributed by atoms with E-state index in [1.165, 1.54) is 18.2 Å². The second-order valence-corrected chi connectivity index (χ2v) is 9.85. The van der Waals surface area contributed by atoms with E-state index in [-0.39, 0.29) is 33.5 Å². The van der Waals surface area contributed by atoms with Crippen molar-refractivity contribution in [3.63, 3.8) is 0 Å². The van der Waals surface area contributed by atoms with Gasteiger partial charge in [-0.15, -0.1) is 0 Å². The molecule has 0 spiro atoms. The Morgan fingerprint density at radius 1 is 1.23 bits per heavy atom. The van der Waals surface area contributed by atoms with Crippen molar-refractivity contribution in [1.82, 2.24) is 9.62 Å². The number of sulfonamides is 1. The molecule has 1 N–H and O–H groups in total.